The zero-order chi connectivity index (χ0) is 13.2. The second-order valence-corrected chi connectivity index (χ2v) is 6.11. The van der Waals surface area contributed by atoms with Crippen molar-refractivity contribution in [1.82, 2.24) is 0 Å². The van der Waals surface area contributed by atoms with Gasteiger partial charge in [0, 0.05) is 17.3 Å². The van der Waals surface area contributed by atoms with Crippen LogP contribution in [-0.2, 0) is 9.84 Å². The summed E-state index contributed by atoms with van der Waals surface area (Å²) in [5, 5.41) is 9.43. The summed E-state index contributed by atoms with van der Waals surface area (Å²) in [6, 6.07) is 4.71. The molecular weight excluding hydrogens is 241 g/mol. The van der Waals surface area contributed by atoms with Crippen LogP contribution in [0.5, 0.6) is 0 Å². The van der Waals surface area contributed by atoms with Gasteiger partial charge >= 0.3 is 0 Å². The van der Waals surface area contributed by atoms with Crippen LogP contribution in [0.4, 0.5) is 5.69 Å². The summed E-state index contributed by atoms with van der Waals surface area (Å²) in [5.41, 5.74) is -0.151. The lowest BCUT2D eigenvalue weighted by Gasteiger charge is -2.16. The van der Waals surface area contributed by atoms with Crippen LogP contribution < -0.4 is 0 Å². The van der Waals surface area contributed by atoms with Crippen LogP contribution in [0.1, 0.15) is 13.8 Å². The highest BCUT2D eigenvalue weighted by Crippen LogP contribution is 2.21. The molecule has 0 amide bonds. The molecule has 5 nitrogen and oxygen atoms in total. The smallest absolute Gasteiger partial charge is 0.258 e. The fourth-order valence-electron chi connectivity index (χ4n) is 1.27. The van der Waals surface area contributed by atoms with Gasteiger partial charge in [0.2, 0.25) is 0 Å². The molecule has 1 atom stereocenters. The predicted octanol–water partition coefficient (Wildman–Crippen LogP) is 1.52. The monoisotopic (exact) mass is 253 g/mol. The van der Waals surface area contributed by atoms with Gasteiger partial charge in [0.15, 0.2) is 9.84 Å². The Morgan fingerprint density at radius 1 is 1.24 bits per heavy atom. The maximum atomic E-state index is 12.0. The van der Waals surface area contributed by atoms with Crippen molar-refractivity contribution < 1.29 is 13.3 Å². The van der Waals surface area contributed by atoms with Crippen molar-refractivity contribution >= 4 is 23.4 Å². The van der Waals surface area contributed by atoms with Crippen LogP contribution in [-0.4, -0.2) is 26.3 Å². The van der Waals surface area contributed by atoms with Gasteiger partial charge in [0.25, 0.3) is 5.69 Å². The number of nitrogens with zero attached hydrogens (tertiary/aromatic N) is 1. The molecule has 0 fully saturated rings. The summed E-state index contributed by atoms with van der Waals surface area (Å²) in [4.78, 5) is 9.85. The van der Waals surface area contributed by atoms with Crippen LogP contribution >= 0.6 is 0 Å². The van der Waals surface area contributed by atoms with E-state index in [2.05, 4.69) is 0 Å². The lowest BCUT2D eigenvalue weighted by molar-refractivity contribution is -0.384. The van der Waals surface area contributed by atoms with Gasteiger partial charge in [-0.1, -0.05) is 13.8 Å². The number of sulfone groups is 1. The molecule has 0 bridgehead atoms. The fraction of sp³-hybridized carbons (Fsp3) is 0.400. The van der Waals surface area contributed by atoms with Crippen LogP contribution in [0.2, 0.25) is 0 Å². The first-order chi connectivity index (χ1) is 7.76. The minimum Gasteiger partial charge on any atom is -0.258 e. The number of nitro groups is 1. The molecule has 0 spiro atoms. The van der Waals surface area contributed by atoms with E-state index >= 15 is 0 Å². The Labute approximate surface area is 101 Å². The minimum absolute atomic E-state index is 0.00398. The van der Waals surface area contributed by atoms with Crippen LogP contribution in [0.15, 0.2) is 29.2 Å². The Morgan fingerprint density at radius 2 is 1.71 bits per heavy atom. The van der Waals surface area contributed by atoms with E-state index in [4.69, 9.17) is 7.85 Å². The standard InChI is InChI=1S/C10H12BNO4S/c1-7(2)10(11)17(15,16)9-5-3-8(4-6-9)12(13)14/h3-7,10H,1-2H3. The molecule has 1 aromatic carbocycles. The molecule has 1 aromatic rings. The van der Waals surface area contributed by atoms with Crippen LogP contribution in [0.3, 0.4) is 0 Å². The van der Waals surface area contributed by atoms with E-state index in [9.17, 15) is 18.5 Å². The molecule has 0 saturated heterocycles. The predicted molar refractivity (Wildman–Crippen MR) is 64.7 cm³/mol. The molecule has 1 unspecified atom stereocenters. The van der Waals surface area contributed by atoms with Crippen molar-refractivity contribution in [2.45, 2.75) is 23.9 Å². The lowest BCUT2D eigenvalue weighted by Crippen LogP contribution is -2.27. The van der Waals surface area contributed by atoms with E-state index in [0.717, 1.165) is 12.1 Å². The first-order valence-electron chi connectivity index (χ1n) is 5.00. The van der Waals surface area contributed by atoms with Gasteiger partial charge in [-0.05, 0) is 18.1 Å². The molecule has 0 aromatic heterocycles. The second kappa shape index (κ2) is 4.87. The molecule has 17 heavy (non-hydrogen) atoms. The summed E-state index contributed by atoms with van der Waals surface area (Å²) >= 11 is 0. The third-order valence-electron chi connectivity index (χ3n) is 2.39. The second-order valence-electron chi connectivity index (χ2n) is 4.00. The minimum atomic E-state index is -3.63. The van der Waals surface area contributed by atoms with Crippen molar-refractivity contribution in [3.63, 3.8) is 0 Å². The van der Waals surface area contributed by atoms with E-state index in [1.54, 1.807) is 13.8 Å². The van der Waals surface area contributed by atoms with Crippen molar-refractivity contribution in [3.8, 4) is 0 Å². The highest BCUT2D eigenvalue weighted by molar-refractivity contribution is 7.93. The van der Waals surface area contributed by atoms with Gasteiger partial charge in [-0.15, -0.1) is 0 Å². The summed E-state index contributed by atoms with van der Waals surface area (Å²) < 4.78 is 23.9. The highest BCUT2D eigenvalue weighted by atomic mass is 32.2. The number of nitro benzene ring substituents is 1. The first-order valence-corrected chi connectivity index (χ1v) is 6.55. The third-order valence-corrected chi connectivity index (χ3v) is 4.58. The van der Waals surface area contributed by atoms with Crippen LogP contribution in [0.25, 0.3) is 0 Å². The summed E-state index contributed by atoms with van der Waals surface area (Å²) in [5.74, 6) is -0.227. The summed E-state index contributed by atoms with van der Waals surface area (Å²) in [6.45, 7) is 3.40. The van der Waals surface area contributed by atoms with E-state index < -0.39 is 19.9 Å². The quantitative estimate of drug-likeness (QED) is 0.463. The van der Waals surface area contributed by atoms with E-state index in [-0.39, 0.29) is 16.5 Å². The van der Waals surface area contributed by atoms with Gasteiger partial charge in [0.05, 0.1) is 17.7 Å². The van der Waals surface area contributed by atoms with Crippen molar-refractivity contribution in [3.05, 3.63) is 34.4 Å². The molecule has 0 N–H and O–H groups in total. The van der Waals surface area contributed by atoms with Gasteiger partial charge in [0.1, 0.15) is 0 Å². The Hall–Kier alpha value is -1.37. The normalized spacial score (nSPS) is 13.6. The maximum Gasteiger partial charge on any atom is 0.269 e. The van der Waals surface area contributed by atoms with E-state index in [1.807, 2.05) is 0 Å². The van der Waals surface area contributed by atoms with Gasteiger partial charge in [-0.2, -0.15) is 0 Å². The Balaban J connectivity index is 3.13. The van der Waals surface area contributed by atoms with Gasteiger partial charge in [-0.25, -0.2) is 8.42 Å². The molecule has 2 radical (unpaired) electrons. The average Bonchev–Trinajstić information content (AvgIpc) is 2.27. The third kappa shape index (κ3) is 2.85. The molecule has 0 saturated carbocycles. The van der Waals surface area contributed by atoms with Crippen molar-refractivity contribution in [2.75, 3.05) is 0 Å². The van der Waals surface area contributed by atoms with Gasteiger partial charge in [-0.3, -0.25) is 10.1 Å². The zero-order valence-corrected chi connectivity index (χ0v) is 10.3. The molecule has 0 aliphatic heterocycles. The number of rotatable bonds is 4. The Morgan fingerprint density at radius 3 is 2.06 bits per heavy atom. The molecular formula is C10H12BNO4S. The Bertz CT molecular complexity index is 510. The lowest BCUT2D eigenvalue weighted by atomic mass is 9.93. The largest absolute Gasteiger partial charge is 0.269 e. The number of benzene rings is 1. The number of non-ortho nitro benzene ring substituents is 1. The fourth-order valence-corrected chi connectivity index (χ4v) is 2.82. The first kappa shape index (κ1) is 13.7. The highest BCUT2D eigenvalue weighted by Gasteiger charge is 2.25. The zero-order valence-electron chi connectivity index (χ0n) is 9.53. The SMILES string of the molecule is [B]C(C(C)C)S(=O)(=O)c1ccc([N+](=O)[O-])cc1. The molecule has 0 aliphatic carbocycles. The average molecular weight is 253 g/mol. The molecule has 90 valence electrons. The van der Waals surface area contributed by atoms with Crippen molar-refractivity contribution in [2.24, 2.45) is 5.92 Å². The topological polar surface area (TPSA) is 77.3 Å². The molecule has 1 rings (SSSR count). The molecule has 7 heteroatoms. The maximum absolute atomic E-state index is 12.0. The molecule has 0 heterocycles. The van der Waals surface area contributed by atoms with E-state index in [1.165, 1.54) is 12.1 Å². The van der Waals surface area contributed by atoms with Crippen molar-refractivity contribution in [1.29, 1.82) is 0 Å². The number of hydrogen-bond donors (Lipinski definition) is 0. The summed E-state index contributed by atoms with van der Waals surface area (Å²) in [7, 11) is 1.98. The van der Waals surface area contributed by atoms with Crippen LogP contribution in [0, 0.1) is 16.0 Å². The number of hydrogen-bond acceptors (Lipinski definition) is 4. The van der Waals surface area contributed by atoms with E-state index in [0.29, 0.717) is 0 Å². The summed E-state index contributed by atoms with van der Waals surface area (Å²) in [6.07, 6.45) is 0. The Kier molecular flexibility index (Phi) is 3.92. The van der Waals surface area contributed by atoms with Gasteiger partial charge < -0.3 is 0 Å². The molecule has 0 aliphatic rings.